The highest BCUT2D eigenvalue weighted by Gasteiger charge is 2.15. The molecule has 0 spiro atoms. The summed E-state index contributed by atoms with van der Waals surface area (Å²) in [6, 6.07) is 5.79. The van der Waals surface area contributed by atoms with E-state index >= 15 is 0 Å². The monoisotopic (exact) mass is 222 g/mol. The van der Waals surface area contributed by atoms with E-state index in [1.54, 1.807) is 0 Å². The van der Waals surface area contributed by atoms with Gasteiger partial charge in [0.1, 0.15) is 5.82 Å². The van der Waals surface area contributed by atoms with Crippen LogP contribution in [0.4, 0.5) is 4.39 Å². The molecule has 3 nitrogen and oxygen atoms in total. The topological polar surface area (TPSA) is 41.1 Å². The Morgan fingerprint density at radius 1 is 1.38 bits per heavy atom. The molecule has 1 saturated heterocycles. The largest absolute Gasteiger partial charge is 0.348 e. The lowest BCUT2D eigenvalue weighted by molar-refractivity contribution is 0.0930. The zero-order chi connectivity index (χ0) is 11.4. The summed E-state index contributed by atoms with van der Waals surface area (Å²) in [5.74, 6) is -0.454. The fourth-order valence-electron chi connectivity index (χ4n) is 1.85. The highest BCUT2D eigenvalue weighted by molar-refractivity contribution is 5.94. The summed E-state index contributed by atoms with van der Waals surface area (Å²) in [5.41, 5.74) is 0.506. The quantitative estimate of drug-likeness (QED) is 0.792. The van der Waals surface area contributed by atoms with Crippen molar-refractivity contribution in [3.63, 3.8) is 0 Å². The molecule has 1 amide bonds. The molecule has 0 aromatic heterocycles. The van der Waals surface area contributed by atoms with Crippen molar-refractivity contribution < 1.29 is 9.18 Å². The van der Waals surface area contributed by atoms with Crippen molar-refractivity contribution >= 4 is 5.91 Å². The Balaban J connectivity index is 1.94. The molecule has 0 aliphatic carbocycles. The van der Waals surface area contributed by atoms with Crippen LogP contribution in [-0.4, -0.2) is 25.0 Å². The molecule has 1 aromatic carbocycles. The number of carbonyl (C=O) groups excluding carboxylic acids is 1. The van der Waals surface area contributed by atoms with Crippen LogP contribution in [0, 0.1) is 5.82 Å². The van der Waals surface area contributed by atoms with Gasteiger partial charge in [-0.25, -0.2) is 4.39 Å². The van der Waals surface area contributed by atoms with Crippen molar-refractivity contribution in [1.82, 2.24) is 10.6 Å². The first-order chi connectivity index (χ1) is 7.75. The molecule has 0 bridgehead atoms. The number of hydrogen-bond acceptors (Lipinski definition) is 2. The molecule has 16 heavy (non-hydrogen) atoms. The van der Waals surface area contributed by atoms with Gasteiger partial charge in [-0.1, -0.05) is 0 Å². The van der Waals surface area contributed by atoms with E-state index in [1.807, 2.05) is 0 Å². The molecular formula is C12H15FN2O. The Bertz CT molecular complexity index is 358. The first-order valence-corrected chi connectivity index (χ1v) is 5.53. The Morgan fingerprint density at radius 2 is 2.12 bits per heavy atom. The molecule has 2 rings (SSSR count). The highest BCUT2D eigenvalue weighted by atomic mass is 19.1. The Kier molecular flexibility index (Phi) is 3.51. The molecule has 1 atom stereocenters. The summed E-state index contributed by atoms with van der Waals surface area (Å²) in [4.78, 5) is 11.8. The van der Waals surface area contributed by atoms with E-state index in [9.17, 15) is 9.18 Å². The summed E-state index contributed by atoms with van der Waals surface area (Å²) < 4.78 is 12.7. The molecule has 0 radical (unpaired) electrons. The standard InChI is InChI=1S/C12H15FN2O/c13-10-5-3-9(4-6-10)12(16)15-11-2-1-7-14-8-11/h3-6,11,14H,1-2,7-8H2,(H,15,16)/t11-/m0/s1. The lowest BCUT2D eigenvalue weighted by Crippen LogP contribution is -2.45. The molecule has 1 aliphatic rings. The van der Waals surface area contributed by atoms with E-state index in [0.29, 0.717) is 5.56 Å². The zero-order valence-corrected chi connectivity index (χ0v) is 9.00. The summed E-state index contributed by atoms with van der Waals surface area (Å²) in [6.45, 7) is 1.83. The van der Waals surface area contributed by atoms with Gasteiger partial charge in [-0.15, -0.1) is 0 Å². The number of amides is 1. The fraction of sp³-hybridized carbons (Fsp3) is 0.417. The first kappa shape index (κ1) is 11.1. The third kappa shape index (κ3) is 2.79. The van der Waals surface area contributed by atoms with Crippen molar-refractivity contribution in [3.8, 4) is 0 Å². The van der Waals surface area contributed by atoms with Gasteiger partial charge in [-0.05, 0) is 43.7 Å². The maximum absolute atomic E-state index is 12.7. The second kappa shape index (κ2) is 5.07. The van der Waals surface area contributed by atoms with Crippen LogP contribution in [0.2, 0.25) is 0 Å². The molecule has 2 N–H and O–H groups in total. The van der Waals surface area contributed by atoms with E-state index in [1.165, 1.54) is 24.3 Å². The maximum Gasteiger partial charge on any atom is 0.251 e. The van der Waals surface area contributed by atoms with Gasteiger partial charge in [0.05, 0.1) is 0 Å². The minimum Gasteiger partial charge on any atom is -0.348 e. The van der Waals surface area contributed by atoms with E-state index in [2.05, 4.69) is 10.6 Å². The van der Waals surface area contributed by atoms with Gasteiger partial charge in [-0.2, -0.15) is 0 Å². The van der Waals surface area contributed by atoms with Crippen molar-refractivity contribution in [2.75, 3.05) is 13.1 Å². The predicted molar refractivity (Wildman–Crippen MR) is 59.8 cm³/mol. The Morgan fingerprint density at radius 3 is 2.75 bits per heavy atom. The van der Waals surface area contributed by atoms with Crippen molar-refractivity contribution in [2.45, 2.75) is 18.9 Å². The van der Waals surface area contributed by atoms with E-state index in [4.69, 9.17) is 0 Å². The number of carbonyl (C=O) groups is 1. The van der Waals surface area contributed by atoms with Gasteiger partial charge in [0.2, 0.25) is 0 Å². The molecule has 1 heterocycles. The second-order valence-corrected chi connectivity index (χ2v) is 4.02. The Hall–Kier alpha value is -1.42. The van der Waals surface area contributed by atoms with Crippen LogP contribution in [0.5, 0.6) is 0 Å². The first-order valence-electron chi connectivity index (χ1n) is 5.53. The van der Waals surface area contributed by atoms with Crippen LogP contribution in [0.25, 0.3) is 0 Å². The second-order valence-electron chi connectivity index (χ2n) is 4.02. The SMILES string of the molecule is O=C(N[C@H]1CCCNC1)c1ccc(F)cc1. The van der Waals surface area contributed by atoms with Crippen LogP contribution >= 0.6 is 0 Å². The van der Waals surface area contributed by atoms with Crippen molar-refractivity contribution in [2.24, 2.45) is 0 Å². The smallest absolute Gasteiger partial charge is 0.251 e. The van der Waals surface area contributed by atoms with Gasteiger partial charge in [0.15, 0.2) is 0 Å². The summed E-state index contributed by atoms with van der Waals surface area (Å²) in [6.07, 6.45) is 2.08. The molecule has 1 aliphatic heterocycles. The third-order valence-electron chi connectivity index (χ3n) is 2.74. The zero-order valence-electron chi connectivity index (χ0n) is 9.00. The van der Waals surface area contributed by atoms with Crippen molar-refractivity contribution in [3.05, 3.63) is 35.6 Å². The van der Waals surface area contributed by atoms with E-state index in [0.717, 1.165) is 25.9 Å². The molecule has 86 valence electrons. The third-order valence-corrected chi connectivity index (χ3v) is 2.74. The normalized spacial score (nSPS) is 20.4. The van der Waals surface area contributed by atoms with Crippen LogP contribution < -0.4 is 10.6 Å². The lowest BCUT2D eigenvalue weighted by Gasteiger charge is -2.23. The summed E-state index contributed by atoms with van der Waals surface area (Å²) >= 11 is 0. The number of nitrogens with one attached hydrogen (secondary N) is 2. The maximum atomic E-state index is 12.7. The molecule has 0 unspecified atom stereocenters. The van der Waals surface area contributed by atoms with Gasteiger partial charge in [0.25, 0.3) is 5.91 Å². The van der Waals surface area contributed by atoms with Crippen LogP contribution in [-0.2, 0) is 0 Å². The van der Waals surface area contributed by atoms with E-state index < -0.39 is 0 Å². The molecule has 1 aromatic rings. The van der Waals surface area contributed by atoms with Crippen LogP contribution in [0.1, 0.15) is 23.2 Å². The molecule has 4 heteroatoms. The predicted octanol–water partition coefficient (Wildman–Crippen LogP) is 1.31. The fourth-order valence-corrected chi connectivity index (χ4v) is 1.85. The van der Waals surface area contributed by atoms with Gasteiger partial charge in [0, 0.05) is 18.2 Å². The van der Waals surface area contributed by atoms with Crippen LogP contribution in [0.15, 0.2) is 24.3 Å². The van der Waals surface area contributed by atoms with Gasteiger partial charge >= 0.3 is 0 Å². The number of benzene rings is 1. The van der Waals surface area contributed by atoms with Crippen molar-refractivity contribution in [1.29, 1.82) is 0 Å². The van der Waals surface area contributed by atoms with Crippen LogP contribution in [0.3, 0.4) is 0 Å². The number of piperidine rings is 1. The van der Waals surface area contributed by atoms with Gasteiger partial charge < -0.3 is 10.6 Å². The minimum absolute atomic E-state index is 0.131. The number of halogens is 1. The highest BCUT2D eigenvalue weighted by Crippen LogP contribution is 2.05. The Labute approximate surface area is 94.0 Å². The van der Waals surface area contributed by atoms with Gasteiger partial charge in [-0.3, -0.25) is 4.79 Å². The summed E-state index contributed by atoms with van der Waals surface area (Å²) in [5, 5.41) is 6.16. The summed E-state index contributed by atoms with van der Waals surface area (Å²) in [7, 11) is 0. The average molecular weight is 222 g/mol. The minimum atomic E-state index is -0.323. The molecule has 1 fully saturated rings. The van der Waals surface area contributed by atoms with E-state index in [-0.39, 0.29) is 17.8 Å². The number of rotatable bonds is 2. The average Bonchev–Trinajstić information content (AvgIpc) is 2.31. The molecular weight excluding hydrogens is 207 g/mol. The lowest BCUT2D eigenvalue weighted by atomic mass is 10.1. The molecule has 0 saturated carbocycles. The number of hydrogen-bond donors (Lipinski definition) is 2.